The fourth-order valence-corrected chi connectivity index (χ4v) is 4.24. The minimum Gasteiger partial charge on any atom is -0.478 e. The van der Waals surface area contributed by atoms with E-state index in [1.165, 1.54) is 0 Å². The number of aryl methyl sites for hydroxylation is 1. The Labute approximate surface area is 218 Å². The molecule has 2 N–H and O–H groups in total. The maximum Gasteiger partial charge on any atom is 0.328 e. The van der Waals surface area contributed by atoms with Crippen LogP contribution in [-0.2, 0) is 25.6 Å². The number of hydrogen-bond acceptors (Lipinski definition) is 7. The summed E-state index contributed by atoms with van der Waals surface area (Å²) in [5.41, 5.74) is 0.438. The number of nitrogens with zero attached hydrogens (tertiary/aromatic N) is 3. The average Bonchev–Trinajstić information content (AvgIpc) is 2.90. The summed E-state index contributed by atoms with van der Waals surface area (Å²) in [6, 6.07) is 5.15. The maximum atomic E-state index is 13.2. The number of benzene rings is 1. The van der Waals surface area contributed by atoms with Gasteiger partial charge in [-0.05, 0) is 18.6 Å². The molecule has 2 aromatic rings. The summed E-state index contributed by atoms with van der Waals surface area (Å²) >= 11 is 6.15. The van der Waals surface area contributed by atoms with Crippen molar-refractivity contribution in [2.24, 2.45) is 0 Å². The fraction of sp³-hybridized carbons (Fsp3) is 0.440. The predicted molar refractivity (Wildman–Crippen MR) is 136 cm³/mol. The highest BCUT2D eigenvalue weighted by molar-refractivity contribution is 6.31. The molecule has 11 nitrogen and oxygen atoms in total. The minimum atomic E-state index is -1.26. The molecular weight excluding hydrogens is 506 g/mol. The van der Waals surface area contributed by atoms with Crippen molar-refractivity contribution in [3.05, 3.63) is 57.5 Å². The van der Waals surface area contributed by atoms with Crippen LogP contribution in [0.1, 0.15) is 16.8 Å². The van der Waals surface area contributed by atoms with Crippen molar-refractivity contribution in [2.45, 2.75) is 13.0 Å². The van der Waals surface area contributed by atoms with Gasteiger partial charge in [-0.1, -0.05) is 17.7 Å². The van der Waals surface area contributed by atoms with Crippen molar-refractivity contribution >= 4 is 40.2 Å². The van der Waals surface area contributed by atoms with Gasteiger partial charge in [0.1, 0.15) is 0 Å². The number of halogens is 1. The molecule has 1 amide bonds. The van der Waals surface area contributed by atoms with Crippen LogP contribution in [0.5, 0.6) is 0 Å². The second-order valence-electron chi connectivity index (χ2n) is 8.45. The van der Waals surface area contributed by atoms with E-state index in [0.717, 1.165) is 39.3 Å². The molecule has 1 aromatic heterocycles. The summed E-state index contributed by atoms with van der Waals surface area (Å²) < 4.78 is 12.4. The molecule has 0 unspecified atom stereocenters. The topological polar surface area (TPSA) is 139 Å². The number of aromatic nitrogens is 1. The quantitative estimate of drug-likeness (QED) is 0.506. The van der Waals surface area contributed by atoms with Crippen LogP contribution in [0.2, 0.25) is 5.02 Å². The highest BCUT2D eigenvalue weighted by Gasteiger charge is 2.22. The number of rotatable bonds is 7. The van der Waals surface area contributed by atoms with Gasteiger partial charge in [-0.2, -0.15) is 0 Å². The molecule has 12 heteroatoms. The van der Waals surface area contributed by atoms with Crippen LogP contribution in [0.25, 0.3) is 10.8 Å². The van der Waals surface area contributed by atoms with Gasteiger partial charge in [0, 0.05) is 73.4 Å². The van der Waals surface area contributed by atoms with Crippen molar-refractivity contribution < 1.29 is 34.1 Å². The first kappa shape index (κ1) is 28.3. The van der Waals surface area contributed by atoms with E-state index < -0.39 is 11.9 Å². The second-order valence-corrected chi connectivity index (χ2v) is 8.89. The fourth-order valence-electron chi connectivity index (χ4n) is 4.07. The number of ether oxygens (including phenoxy) is 2. The third-order valence-electron chi connectivity index (χ3n) is 5.92. The number of morpholine rings is 2. The monoisotopic (exact) mass is 535 g/mol. The van der Waals surface area contributed by atoms with E-state index in [9.17, 15) is 19.2 Å². The van der Waals surface area contributed by atoms with Gasteiger partial charge in [0.2, 0.25) is 0 Å². The molecule has 200 valence electrons. The molecule has 0 radical (unpaired) electrons. The molecule has 0 atom stereocenters. The minimum absolute atomic E-state index is 0.0671. The van der Waals surface area contributed by atoms with Gasteiger partial charge in [-0.25, -0.2) is 9.59 Å². The van der Waals surface area contributed by atoms with Crippen molar-refractivity contribution in [2.75, 3.05) is 59.2 Å². The van der Waals surface area contributed by atoms with Crippen LogP contribution >= 0.6 is 11.6 Å². The van der Waals surface area contributed by atoms with Crippen molar-refractivity contribution in [1.29, 1.82) is 0 Å². The van der Waals surface area contributed by atoms with Gasteiger partial charge < -0.3 is 29.2 Å². The SMILES string of the molecule is O=C(O)C=CC(=O)O.O=C(c1cn(CCCN2CCOCC2)c(=O)c2cc(Cl)ccc12)N1CCOCC1. The molecule has 2 fully saturated rings. The summed E-state index contributed by atoms with van der Waals surface area (Å²) in [4.78, 5) is 49.5. The summed E-state index contributed by atoms with van der Waals surface area (Å²) in [6.07, 6.45) is 3.66. The molecular formula is C25H30ClN3O8. The van der Waals surface area contributed by atoms with Gasteiger partial charge in [-0.3, -0.25) is 14.5 Å². The summed E-state index contributed by atoms with van der Waals surface area (Å²) in [5.74, 6) is -2.58. The van der Waals surface area contributed by atoms with E-state index in [-0.39, 0.29) is 11.5 Å². The number of carboxylic acid groups (broad SMARTS) is 2. The van der Waals surface area contributed by atoms with E-state index in [1.807, 2.05) is 0 Å². The molecule has 0 spiro atoms. The van der Waals surface area contributed by atoms with Gasteiger partial charge in [0.05, 0.1) is 32.0 Å². The van der Waals surface area contributed by atoms with Crippen LogP contribution in [0.3, 0.4) is 0 Å². The van der Waals surface area contributed by atoms with E-state index in [1.54, 1.807) is 33.9 Å². The maximum absolute atomic E-state index is 13.2. The second kappa shape index (κ2) is 13.9. The molecule has 37 heavy (non-hydrogen) atoms. The molecule has 4 rings (SSSR count). The third-order valence-corrected chi connectivity index (χ3v) is 6.16. The Morgan fingerprint density at radius 1 is 0.892 bits per heavy atom. The number of carbonyl (C=O) groups excluding carboxylic acids is 1. The average molecular weight is 536 g/mol. The number of aliphatic carboxylic acids is 2. The van der Waals surface area contributed by atoms with Gasteiger partial charge in [-0.15, -0.1) is 0 Å². The summed E-state index contributed by atoms with van der Waals surface area (Å²) in [7, 11) is 0. The lowest BCUT2D eigenvalue weighted by molar-refractivity contribution is -0.134. The van der Waals surface area contributed by atoms with Crippen LogP contribution in [-0.4, -0.2) is 102 Å². The van der Waals surface area contributed by atoms with E-state index >= 15 is 0 Å². The lowest BCUT2D eigenvalue weighted by atomic mass is 10.1. The normalized spacial score (nSPS) is 16.4. The van der Waals surface area contributed by atoms with E-state index in [4.69, 9.17) is 31.3 Å². The van der Waals surface area contributed by atoms with E-state index in [2.05, 4.69) is 4.90 Å². The van der Waals surface area contributed by atoms with Crippen molar-refractivity contribution in [1.82, 2.24) is 14.4 Å². The Kier molecular flexibility index (Phi) is 10.6. The van der Waals surface area contributed by atoms with Crippen molar-refractivity contribution in [3.8, 4) is 0 Å². The third kappa shape index (κ3) is 8.39. The molecule has 1 aromatic carbocycles. The highest BCUT2D eigenvalue weighted by Crippen LogP contribution is 2.22. The van der Waals surface area contributed by atoms with Gasteiger partial charge in [0.25, 0.3) is 11.5 Å². The van der Waals surface area contributed by atoms with Crippen LogP contribution < -0.4 is 5.56 Å². The Hall–Kier alpha value is -3.25. The summed E-state index contributed by atoms with van der Waals surface area (Å²) in [5, 5.41) is 17.3. The first-order valence-electron chi connectivity index (χ1n) is 11.9. The van der Waals surface area contributed by atoms with Gasteiger partial charge in [0.15, 0.2) is 0 Å². The molecule has 0 saturated carbocycles. The number of carboxylic acids is 2. The summed E-state index contributed by atoms with van der Waals surface area (Å²) in [6.45, 7) is 7.00. The van der Waals surface area contributed by atoms with Crippen LogP contribution in [0.15, 0.2) is 41.3 Å². The first-order valence-corrected chi connectivity index (χ1v) is 12.3. The number of fused-ring (bicyclic) bond motifs is 1. The predicted octanol–water partition coefficient (Wildman–Crippen LogP) is 1.56. The Bertz CT molecular complexity index is 1180. The highest BCUT2D eigenvalue weighted by atomic mass is 35.5. The number of carbonyl (C=O) groups is 3. The number of amides is 1. The largest absolute Gasteiger partial charge is 0.478 e. The van der Waals surface area contributed by atoms with Crippen LogP contribution in [0.4, 0.5) is 0 Å². The first-order chi connectivity index (χ1) is 17.8. The zero-order chi connectivity index (χ0) is 26.8. The number of pyridine rings is 1. The van der Waals surface area contributed by atoms with E-state index in [0.29, 0.717) is 66.4 Å². The zero-order valence-electron chi connectivity index (χ0n) is 20.3. The van der Waals surface area contributed by atoms with Crippen molar-refractivity contribution in [3.63, 3.8) is 0 Å². The molecule has 0 aliphatic carbocycles. The molecule has 0 bridgehead atoms. The Morgan fingerprint density at radius 3 is 2.08 bits per heavy atom. The lowest BCUT2D eigenvalue weighted by Gasteiger charge is -2.28. The Balaban J connectivity index is 0.000000414. The lowest BCUT2D eigenvalue weighted by Crippen LogP contribution is -2.41. The standard InChI is InChI=1S/C21H26ClN3O4.C4H4O4/c22-16-2-3-17-18(14-16)20(26)25(5-1-4-23-6-10-28-11-7-23)15-19(17)21(27)24-8-12-29-13-9-24;5-3(6)1-2-4(7)8/h2-3,14-15H,1,4-13H2;1-2H,(H,5,6)(H,7,8). The molecule has 3 heterocycles. The van der Waals surface area contributed by atoms with Gasteiger partial charge >= 0.3 is 11.9 Å². The van der Waals surface area contributed by atoms with Crippen LogP contribution in [0, 0.1) is 0 Å². The zero-order valence-corrected chi connectivity index (χ0v) is 21.1. The smallest absolute Gasteiger partial charge is 0.328 e. The molecule has 2 aliphatic rings. The molecule has 2 saturated heterocycles. The number of hydrogen-bond donors (Lipinski definition) is 2. The Morgan fingerprint density at radius 2 is 1.49 bits per heavy atom. The molecule has 2 aliphatic heterocycles.